The SMILES string of the molecule is CC(C)C1C=NNC1. The summed E-state index contributed by atoms with van der Waals surface area (Å²) in [6, 6.07) is 0. The van der Waals surface area contributed by atoms with E-state index in [1.165, 1.54) is 0 Å². The van der Waals surface area contributed by atoms with Crippen molar-refractivity contribution in [2.45, 2.75) is 13.8 Å². The molecule has 0 aliphatic carbocycles. The summed E-state index contributed by atoms with van der Waals surface area (Å²) in [5.74, 6) is 1.39. The first kappa shape index (κ1) is 5.60. The highest BCUT2D eigenvalue weighted by Gasteiger charge is 2.12. The lowest BCUT2D eigenvalue weighted by Gasteiger charge is -2.07. The number of hydrogen-bond donors (Lipinski definition) is 1. The molecule has 1 atom stereocenters. The molecule has 1 rings (SSSR count). The Bertz CT molecular complexity index is 96.7. The highest BCUT2D eigenvalue weighted by atomic mass is 15.3. The van der Waals surface area contributed by atoms with Gasteiger partial charge >= 0.3 is 0 Å². The van der Waals surface area contributed by atoms with E-state index in [-0.39, 0.29) is 0 Å². The van der Waals surface area contributed by atoms with E-state index >= 15 is 0 Å². The van der Waals surface area contributed by atoms with E-state index in [1.807, 2.05) is 6.21 Å². The topological polar surface area (TPSA) is 24.4 Å². The lowest BCUT2D eigenvalue weighted by molar-refractivity contribution is 0.500. The fourth-order valence-corrected chi connectivity index (χ4v) is 0.767. The third-order valence-electron chi connectivity index (χ3n) is 1.54. The van der Waals surface area contributed by atoms with Gasteiger partial charge in [-0.3, -0.25) is 0 Å². The Hall–Kier alpha value is -0.530. The van der Waals surface area contributed by atoms with Crippen molar-refractivity contribution in [1.82, 2.24) is 5.43 Å². The van der Waals surface area contributed by atoms with E-state index in [0.717, 1.165) is 12.5 Å². The van der Waals surface area contributed by atoms with Crippen LogP contribution in [0.1, 0.15) is 13.8 Å². The Morgan fingerprint density at radius 1 is 1.75 bits per heavy atom. The highest BCUT2D eigenvalue weighted by Crippen LogP contribution is 2.09. The summed E-state index contributed by atoms with van der Waals surface area (Å²) in [5.41, 5.74) is 2.92. The van der Waals surface area contributed by atoms with Gasteiger partial charge in [0.15, 0.2) is 0 Å². The molecule has 0 amide bonds. The lowest BCUT2D eigenvalue weighted by Crippen LogP contribution is -2.15. The number of nitrogens with one attached hydrogen (secondary N) is 1. The Labute approximate surface area is 50.0 Å². The minimum absolute atomic E-state index is 0.662. The summed E-state index contributed by atoms with van der Waals surface area (Å²) in [5, 5.41) is 3.91. The molecular weight excluding hydrogens is 100 g/mol. The van der Waals surface area contributed by atoms with Gasteiger partial charge < -0.3 is 5.43 Å². The number of rotatable bonds is 1. The lowest BCUT2D eigenvalue weighted by atomic mass is 9.98. The third kappa shape index (κ3) is 0.997. The summed E-state index contributed by atoms with van der Waals surface area (Å²) in [7, 11) is 0. The van der Waals surface area contributed by atoms with Crippen molar-refractivity contribution in [3.05, 3.63) is 0 Å². The molecule has 2 heteroatoms. The van der Waals surface area contributed by atoms with Crippen LogP contribution in [0.25, 0.3) is 0 Å². The first-order valence-electron chi connectivity index (χ1n) is 3.06. The molecule has 1 aliphatic heterocycles. The van der Waals surface area contributed by atoms with Crippen LogP contribution in [0.15, 0.2) is 5.10 Å². The first-order chi connectivity index (χ1) is 3.80. The molecule has 2 nitrogen and oxygen atoms in total. The maximum atomic E-state index is 3.91. The van der Waals surface area contributed by atoms with Crippen LogP contribution in [-0.2, 0) is 0 Å². The molecule has 1 unspecified atom stereocenters. The van der Waals surface area contributed by atoms with Gasteiger partial charge in [-0.25, -0.2) is 0 Å². The van der Waals surface area contributed by atoms with Crippen LogP contribution in [-0.4, -0.2) is 12.8 Å². The number of hydrogen-bond acceptors (Lipinski definition) is 2. The molecule has 46 valence electrons. The molecule has 0 saturated carbocycles. The summed E-state index contributed by atoms with van der Waals surface area (Å²) >= 11 is 0. The van der Waals surface area contributed by atoms with Gasteiger partial charge in [0, 0.05) is 18.7 Å². The Morgan fingerprint density at radius 2 is 2.50 bits per heavy atom. The molecule has 1 N–H and O–H groups in total. The van der Waals surface area contributed by atoms with Crippen molar-refractivity contribution >= 4 is 6.21 Å². The average Bonchev–Trinajstić information content (AvgIpc) is 2.12. The Morgan fingerprint density at radius 3 is 2.75 bits per heavy atom. The molecule has 0 saturated heterocycles. The average molecular weight is 112 g/mol. The molecular formula is C6H12N2. The zero-order valence-electron chi connectivity index (χ0n) is 5.39. The fraction of sp³-hybridized carbons (Fsp3) is 0.833. The van der Waals surface area contributed by atoms with Crippen LogP contribution >= 0.6 is 0 Å². The molecule has 0 bridgehead atoms. The van der Waals surface area contributed by atoms with Gasteiger partial charge in [-0.1, -0.05) is 13.8 Å². The molecule has 0 aromatic heterocycles. The summed E-state index contributed by atoms with van der Waals surface area (Å²) < 4.78 is 0. The number of hydrazone groups is 1. The minimum Gasteiger partial charge on any atom is -0.310 e. The molecule has 0 fully saturated rings. The van der Waals surface area contributed by atoms with Crippen molar-refractivity contribution in [2.75, 3.05) is 6.54 Å². The zero-order valence-corrected chi connectivity index (χ0v) is 5.39. The van der Waals surface area contributed by atoms with Crippen molar-refractivity contribution < 1.29 is 0 Å². The van der Waals surface area contributed by atoms with Gasteiger partial charge in [0.2, 0.25) is 0 Å². The smallest absolute Gasteiger partial charge is 0.0410 e. The summed E-state index contributed by atoms with van der Waals surface area (Å²) in [6.45, 7) is 5.45. The molecule has 8 heavy (non-hydrogen) atoms. The van der Waals surface area contributed by atoms with E-state index in [4.69, 9.17) is 0 Å². The van der Waals surface area contributed by atoms with Crippen LogP contribution in [0, 0.1) is 11.8 Å². The molecule has 1 heterocycles. The van der Waals surface area contributed by atoms with Crippen LogP contribution in [0.2, 0.25) is 0 Å². The van der Waals surface area contributed by atoms with Gasteiger partial charge in [0.25, 0.3) is 0 Å². The van der Waals surface area contributed by atoms with Crippen LogP contribution in [0.5, 0.6) is 0 Å². The monoisotopic (exact) mass is 112 g/mol. The second-order valence-electron chi connectivity index (χ2n) is 2.55. The van der Waals surface area contributed by atoms with E-state index in [9.17, 15) is 0 Å². The standard InChI is InChI=1S/C6H12N2/c1-5(2)6-3-7-8-4-6/h3,5-6,8H,4H2,1-2H3. The molecule has 1 aliphatic rings. The highest BCUT2D eigenvalue weighted by molar-refractivity contribution is 5.62. The van der Waals surface area contributed by atoms with Crippen LogP contribution in [0.3, 0.4) is 0 Å². The Kier molecular flexibility index (Phi) is 1.51. The van der Waals surface area contributed by atoms with Gasteiger partial charge in [0.1, 0.15) is 0 Å². The van der Waals surface area contributed by atoms with Gasteiger partial charge in [-0.05, 0) is 5.92 Å². The van der Waals surface area contributed by atoms with Crippen LogP contribution < -0.4 is 5.43 Å². The fourth-order valence-electron chi connectivity index (χ4n) is 0.767. The second-order valence-corrected chi connectivity index (χ2v) is 2.55. The Balaban J connectivity index is 2.36. The van der Waals surface area contributed by atoms with E-state index in [2.05, 4.69) is 24.4 Å². The van der Waals surface area contributed by atoms with Gasteiger partial charge in [0.05, 0.1) is 0 Å². The molecule has 0 aromatic carbocycles. The maximum Gasteiger partial charge on any atom is 0.0410 e. The first-order valence-corrected chi connectivity index (χ1v) is 3.06. The maximum absolute atomic E-state index is 3.91. The summed E-state index contributed by atoms with van der Waals surface area (Å²) in [4.78, 5) is 0. The second kappa shape index (κ2) is 2.16. The normalized spacial score (nSPS) is 26.6. The van der Waals surface area contributed by atoms with Crippen molar-refractivity contribution in [1.29, 1.82) is 0 Å². The van der Waals surface area contributed by atoms with Crippen molar-refractivity contribution in [3.8, 4) is 0 Å². The van der Waals surface area contributed by atoms with Crippen molar-refractivity contribution in [2.24, 2.45) is 16.9 Å². The molecule has 0 radical (unpaired) electrons. The third-order valence-corrected chi connectivity index (χ3v) is 1.54. The van der Waals surface area contributed by atoms with E-state index in [0.29, 0.717) is 5.92 Å². The quantitative estimate of drug-likeness (QED) is 0.534. The minimum atomic E-state index is 0.662. The largest absolute Gasteiger partial charge is 0.310 e. The molecule has 0 aromatic rings. The predicted octanol–water partition coefficient (Wildman–Crippen LogP) is 0.848. The summed E-state index contributed by atoms with van der Waals surface area (Å²) in [6.07, 6.45) is 1.99. The zero-order chi connectivity index (χ0) is 5.98. The van der Waals surface area contributed by atoms with Crippen LogP contribution in [0.4, 0.5) is 0 Å². The van der Waals surface area contributed by atoms with Crippen molar-refractivity contribution in [3.63, 3.8) is 0 Å². The van der Waals surface area contributed by atoms with E-state index < -0.39 is 0 Å². The van der Waals surface area contributed by atoms with E-state index in [1.54, 1.807) is 0 Å². The van der Waals surface area contributed by atoms with Gasteiger partial charge in [-0.2, -0.15) is 5.10 Å². The van der Waals surface area contributed by atoms with Gasteiger partial charge in [-0.15, -0.1) is 0 Å². The molecule has 0 spiro atoms. The predicted molar refractivity (Wildman–Crippen MR) is 34.8 cm³/mol. The number of nitrogens with zero attached hydrogens (tertiary/aromatic N) is 1.